The van der Waals surface area contributed by atoms with Gasteiger partial charge < -0.3 is 15.3 Å². The maximum Gasteiger partial charge on any atom is 0.274 e. The number of likely N-dealkylation sites (tertiary alicyclic amines) is 1. The van der Waals surface area contributed by atoms with Gasteiger partial charge in [0.05, 0.1) is 24.9 Å². The summed E-state index contributed by atoms with van der Waals surface area (Å²) in [7, 11) is 0. The Morgan fingerprint density at radius 2 is 2.07 bits per heavy atom. The fourth-order valence-corrected chi connectivity index (χ4v) is 4.69. The average Bonchev–Trinajstić information content (AvgIpc) is 3.24. The summed E-state index contributed by atoms with van der Waals surface area (Å²) in [6.07, 6.45) is 5.30. The van der Waals surface area contributed by atoms with E-state index in [2.05, 4.69) is 15.3 Å². The molecule has 3 atom stereocenters. The highest BCUT2D eigenvalue weighted by molar-refractivity contribution is 5.93. The van der Waals surface area contributed by atoms with Crippen LogP contribution in [-0.2, 0) is 0 Å². The van der Waals surface area contributed by atoms with E-state index in [1.54, 1.807) is 6.07 Å². The van der Waals surface area contributed by atoms with Crippen LogP contribution < -0.4 is 5.32 Å². The van der Waals surface area contributed by atoms with Crippen molar-refractivity contribution in [3.05, 3.63) is 78.1 Å². The number of carbonyl (C=O) groups is 1. The van der Waals surface area contributed by atoms with Crippen molar-refractivity contribution < 1.29 is 14.3 Å². The summed E-state index contributed by atoms with van der Waals surface area (Å²) in [4.78, 5) is 23.2. The van der Waals surface area contributed by atoms with E-state index in [9.17, 15) is 14.3 Å². The van der Waals surface area contributed by atoms with E-state index >= 15 is 0 Å². The predicted octanol–water partition coefficient (Wildman–Crippen LogP) is 3.27. The van der Waals surface area contributed by atoms with Gasteiger partial charge in [-0.15, -0.1) is 0 Å². The smallest absolute Gasteiger partial charge is 0.274 e. The number of nitrogens with zero attached hydrogens (tertiary/aromatic N) is 3. The first-order valence-corrected chi connectivity index (χ1v) is 10.00. The van der Waals surface area contributed by atoms with Gasteiger partial charge in [0.25, 0.3) is 5.91 Å². The molecule has 0 aliphatic carbocycles. The van der Waals surface area contributed by atoms with E-state index in [0.717, 1.165) is 28.8 Å². The number of carbonyl (C=O) groups excluding carboxylic acids is 1. The molecular formula is C23H21FN4O2. The van der Waals surface area contributed by atoms with Gasteiger partial charge in [0.2, 0.25) is 0 Å². The summed E-state index contributed by atoms with van der Waals surface area (Å²) in [6, 6.07) is 12.0. The number of fused-ring (bicyclic) bond motifs is 3. The van der Waals surface area contributed by atoms with Crippen LogP contribution >= 0.6 is 0 Å². The van der Waals surface area contributed by atoms with E-state index < -0.39 is 0 Å². The number of anilines is 1. The van der Waals surface area contributed by atoms with Crippen molar-refractivity contribution in [2.75, 3.05) is 18.5 Å². The molecule has 3 aromatic rings. The fraction of sp³-hybridized carbons (Fsp3) is 0.261. The lowest BCUT2D eigenvalue weighted by atomic mass is 9.82. The maximum absolute atomic E-state index is 13.8. The normalized spacial score (nSPS) is 22.2. The molecule has 1 amide bonds. The number of benzene rings is 2. The van der Waals surface area contributed by atoms with Crippen molar-refractivity contribution in [3.8, 4) is 11.1 Å². The molecule has 3 heterocycles. The van der Waals surface area contributed by atoms with Crippen molar-refractivity contribution in [1.82, 2.24) is 14.9 Å². The Balaban J connectivity index is 1.58. The number of nitrogens with one attached hydrogen (secondary N) is 1. The first-order valence-electron chi connectivity index (χ1n) is 10.00. The SMILES string of the molecule is O=C(c1cnccn1)N1CC[C@@H]2[C@@H](CO)Nc3ccc(-c4cccc(F)c4)cc3[C@@H]21. The molecule has 30 heavy (non-hydrogen) atoms. The molecule has 1 aromatic heterocycles. The second-order valence-electron chi connectivity index (χ2n) is 7.73. The number of hydrogen-bond acceptors (Lipinski definition) is 5. The first kappa shape index (κ1) is 18.7. The summed E-state index contributed by atoms with van der Waals surface area (Å²) in [6.45, 7) is 0.561. The molecule has 2 aliphatic heterocycles. The highest BCUT2D eigenvalue weighted by Crippen LogP contribution is 2.47. The number of aliphatic hydroxyl groups excluding tert-OH is 1. The molecule has 0 unspecified atom stereocenters. The van der Waals surface area contributed by atoms with Crippen LogP contribution in [0.3, 0.4) is 0 Å². The van der Waals surface area contributed by atoms with Gasteiger partial charge in [-0.05, 0) is 47.4 Å². The third-order valence-corrected chi connectivity index (χ3v) is 6.07. The van der Waals surface area contributed by atoms with E-state index in [-0.39, 0.29) is 36.3 Å². The molecule has 5 rings (SSSR count). The Kier molecular flexibility index (Phi) is 4.67. The van der Waals surface area contributed by atoms with Gasteiger partial charge in [0, 0.05) is 30.5 Å². The van der Waals surface area contributed by atoms with E-state index in [0.29, 0.717) is 12.2 Å². The molecule has 0 saturated carbocycles. The van der Waals surface area contributed by atoms with Gasteiger partial charge in [0.15, 0.2) is 0 Å². The lowest BCUT2D eigenvalue weighted by molar-refractivity contribution is 0.0694. The third kappa shape index (κ3) is 3.11. The van der Waals surface area contributed by atoms with Gasteiger partial charge in [0.1, 0.15) is 11.5 Å². The molecule has 7 heteroatoms. The molecule has 2 N–H and O–H groups in total. The molecule has 0 spiro atoms. The molecule has 6 nitrogen and oxygen atoms in total. The Labute approximate surface area is 173 Å². The third-order valence-electron chi connectivity index (χ3n) is 6.07. The molecule has 1 saturated heterocycles. The molecule has 152 valence electrons. The summed E-state index contributed by atoms with van der Waals surface area (Å²) < 4.78 is 13.8. The minimum absolute atomic E-state index is 0.0145. The highest BCUT2D eigenvalue weighted by atomic mass is 19.1. The Bertz CT molecular complexity index is 1090. The standard InChI is InChI=1S/C23H21FN4O2/c24-16-3-1-2-14(10-16)15-4-5-19-18(11-15)22-17(21(13-29)27-19)6-9-28(22)23(30)20-12-25-7-8-26-20/h1-5,7-8,10-12,17,21-22,27,29H,6,9,13H2/t17-,21-,22-/m1/s1. The first-order chi connectivity index (χ1) is 14.7. The van der Waals surface area contributed by atoms with Crippen LogP contribution in [-0.4, -0.2) is 45.1 Å². The van der Waals surface area contributed by atoms with Crippen LogP contribution in [0.5, 0.6) is 0 Å². The zero-order valence-electron chi connectivity index (χ0n) is 16.2. The van der Waals surface area contributed by atoms with Gasteiger partial charge in [-0.2, -0.15) is 0 Å². The minimum atomic E-state index is -0.290. The molecule has 1 fully saturated rings. The molecule has 0 bridgehead atoms. The lowest BCUT2D eigenvalue weighted by Crippen LogP contribution is -2.43. The summed E-state index contributed by atoms with van der Waals surface area (Å²) >= 11 is 0. The summed E-state index contributed by atoms with van der Waals surface area (Å²) in [5.74, 6) is -0.385. The minimum Gasteiger partial charge on any atom is -0.394 e. The number of aliphatic hydroxyl groups is 1. The molecule has 2 aromatic carbocycles. The average molecular weight is 404 g/mol. The van der Waals surface area contributed by atoms with Crippen molar-refractivity contribution in [2.45, 2.75) is 18.5 Å². The maximum atomic E-state index is 13.8. The largest absolute Gasteiger partial charge is 0.394 e. The van der Waals surface area contributed by atoms with Gasteiger partial charge in [-0.1, -0.05) is 18.2 Å². The Hall–Kier alpha value is -3.32. The Morgan fingerprint density at radius 1 is 1.20 bits per heavy atom. The molecule has 2 aliphatic rings. The van der Waals surface area contributed by atoms with Crippen LogP contribution in [0.2, 0.25) is 0 Å². The summed E-state index contributed by atoms with van der Waals surface area (Å²) in [5.41, 5.74) is 3.83. The molecule has 0 radical (unpaired) electrons. The second kappa shape index (κ2) is 7.50. The highest BCUT2D eigenvalue weighted by Gasteiger charge is 2.46. The van der Waals surface area contributed by atoms with Crippen molar-refractivity contribution in [1.29, 1.82) is 0 Å². The van der Waals surface area contributed by atoms with Crippen LogP contribution in [0.15, 0.2) is 61.1 Å². The van der Waals surface area contributed by atoms with E-state index in [4.69, 9.17) is 0 Å². The second-order valence-corrected chi connectivity index (χ2v) is 7.73. The van der Waals surface area contributed by atoms with E-state index in [1.165, 1.54) is 30.7 Å². The number of halogens is 1. The number of aromatic nitrogens is 2. The predicted molar refractivity (Wildman–Crippen MR) is 110 cm³/mol. The van der Waals surface area contributed by atoms with Crippen LogP contribution in [0, 0.1) is 11.7 Å². The number of hydrogen-bond donors (Lipinski definition) is 2. The van der Waals surface area contributed by atoms with Gasteiger partial charge in [-0.25, -0.2) is 9.37 Å². The molecular weight excluding hydrogens is 383 g/mol. The monoisotopic (exact) mass is 404 g/mol. The van der Waals surface area contributed by atoms with Crippen LogP contribution in [0.25, 0.3) is 11.1 Å². The number of amides is 1. The topological polar surface area (TPSA) is 78.4 Å². The zero-order chi connectivity index (χ0) is 20.7. The van der Waals surface area contributed by atoms with Gasteiger partial charge in [-0.3, -0.25) is 9.78 Å². The quantitative estimate of drug-likeness (QED) is 0.701. The fourth-order valence-electron chi connectivity index (χ4n) is 4.69. The summed E-state index contributed by atoms with van der Waals surface area (Å²) in [5, 5.41) is 13.4. The number of rotatable bonds is 3. The van der Waals surface area contributed by atoms with Crippen molar-refractivity contribution in [2.24, 2.45) is 5.92 Å². The van der Waals surface area contributed by atoms with Crippen molar-refractivity contribution in [3.63, 3.8) is 0 Å². The Morgan fingerprint density at radius 3 is 2.83 bits per heavy atom. The van der Waals surface area contributed by atoms with Gasteiger partial charge >= 0.3 is 0 Å². The van der Waals surface area contributed by atoms with Crippen molar-refractivity contribution >= 4 is 11.6 Å². The lowest BCUT2D eigenvalue weighted by Gasteiger charge is -2.39. The zero-order valence-corrected chi connectivity index (χ0v) is 16.2. The van der Waals surface area contributed by atoms with Crippen LogP contribution in [0.4, 0.5) is 10.1 Å². The van der Waals surface area contributed by atoms with E-state index in [1.807, 2.05) is 29.2 Å². The van der Waals surface area contributed by atoms with Crippen LogP contribution in [0.1, 0.15) is 28.5 Å².